The summed E-state index contributed by atoms with van der Waals surface area (Å²) in [6.45, 7) is 39.8. The van der Waals surface area contributed by atoms with Crippen molar-refractivity contribution in [3.05, 3.63) is 199 Å². The Morgan fingerprint density at radius 3 is 1.26 bits per heavy atom. The van der Waals surface area contributed by atoms with Crippen LogP contribution in [0.3, 0.4) is 0 Å². The smallest absolute Gasteiger partial charge is 0.145 e. The zero-order valence-electron chi connectivity index (χ0n) is 60.7. The van der Waals surface area contributed by atoms with E-state index in [1.54, 1.807) is 19.2 Å². The SMILES string of the molecule is C.C.C.C.C.C.CCN(CC)c1cc(C)c2ccc(N)cc2n1.CCN(CC)c1cc(C)c2ccc(O)cc2n1.CCN(CC)c1ccc2ccc(C)cc2n1.CCN(CC)c1ccc2cccc(OC)c2n1.CCN(CC)c1ccc2ccccc2n1.c1ccc2nc(N3CCCCC3)ccc2c1. The van der Waals surface area contributed by atoms with E-state index in [-0.39, 0.29) is 50.3 Å². The molecule has 6 aromatic heterocycles. The second kappa shape index (κ2) is 45.2. The fourth-order valence-electron chi connectivity index (χ4n) is 12.3. The van der Waals surface area contributed by atoms with Crippen molar-refractivity contribution in [1.29, 1.82) is 0 Å². The monoisotopic (exact) mass is 1410 g/mol. The van der Waals surface area contributed by atoms with E-state index in [0.29, 0.717) is 0 Å². The number of fused-ring (bicyclic) bond motifs is 6. The van der Waals surface area contributed by atoms with Crippen LogP contribution in [0.15, 0.2) is 182 Å². The zero-order valence-corrected chi connectivity index (χ0v) is 60.7. The number of aromatic nitrogens is 6. The number of rotatable bonds is 17. The molecule has 0 amide bonds. The van der Waals surface area contributed by atoms with Crippen LogP contribution in [0.25, 0.3) is 65.4 Å². The van der Waals surface area contributed by atoms with Gasteiger partial charge in [0.1, 0.15) is 51.9 Å². The van der Waals surface area contributed by atoms with Crippen LogP contribution < -0.4 is 39.9 Å². The maximum Gasteiger partial charge on any atom is 0.145 e. The average Bonchev–Trinajstić information content (AvgIpc) is 0.824. The molecule has 6 aromatic carbocycles. The first-order valence-electron chi connectivity index (χ1n) is 35.4. The Hall–Kier alpha value is -10.0. The quantitative estimate of drug-likeness (QED) is 0.0831. The number of benzene rings is 6. The number of methoxy groups -OCH3 is 1. The summed E-state index contributed by atoms with van der Waals surface area (Å²) in [6.07, 6.45) is 3.97. The van der Waals surface area contributed by atoms with Gasteiger partial charge in [0.05, 0.1) is 34.7 Å². The van der Waals surface area contributed by atoms with Crippen molar-refractivity contribution in [3.63, 3.8) is 0 Å². The third kappa shape index (κ3) is 23.8. The molecule has 0 radical (unpaired) electrons. The highest BCUT2D eigenvalue weighted by molar-refractivity contribution is 5.88. The molecule has 1 aliphatic rings. The van der Waals surface area contributed by atoms with E-state index in [1.165, 1.54) is 57.5 Å². The Balaban J connectivity index is 0.000000419. The van der Waals surface area contributed by atoms with E-state index in [4.69, 9.17) is 20.4 Å². The molecule has 0 aliphatic carbocycles. The molecule has 15 nitrogen and oxygen atoms in total. The lowest BCUT2D eigenvalue weighted by Crippen LogP contribution is -2.30. The number of phenolic OH excluding ortho intramolecular Hbond substituents is 1. The van der Waals surface area contributed by atoms with Gasteiger partial charge in [0.15, 0.2) is 0 Å². The molecule has 0 bridgehead atoms. The van der Waals surface area contributed by atoms with Crippen molar-refractivity contribution in [3.8, 4) is 11.5 Å². The Kier molecular flexibility index (Phi) is 39.1. The van der Waals surface area contributed by atoms with Crippen LogP contribution in [0.2, 0.25) is 0 Å². The number of nitrogen functional groups attached to an aromatic ring is 1. The van der Waals surface area contributed by atoms with Crippen molar-refractivity contribution in [2.45, 2.75) is 154 Å². The van der Waals surface area contributed by atoms with Gasteiger partial charge < -0.3 is 45.0 Å². The highest BCUT2D eigenvalue weighted by atomic mass is 16.5. The molecule has 3 N–H and O–H groups in total. The van der Waals surface area contributed by atoms with Crippen molar-refractivity contribution < 1.29 is 9.84 Å². The van der Waals surface area contributed by atoms with E-state index < -0.39 is 0 Å². The summed E-state index contributed by atoms with van der Waals surface area (Å²) in [5.74, 6) is 7.39. The van der Waals surface area contributed by atoms with Crippen molar-refractivity contribution in [2.75, 3.05) is 121 Å². The maximum absolute atomic E-state index is 9.51. The summed E-state index contributed by atoms with van der Waals surface area (Å²) in [5, 5.41) is 16.5. The molecule has 0 saturated carbocycles. The van der Waals surface area contributed by atoms with Gasteiger partial charge >= 0.3 is 0 Å². The molecule has 15 heteroatoms. The predicted molar refractivity (Wildman–Crippen MR) is 462 cm³/mol. The molecular weight excluding hydrogens is 1280 g/mol. The second-order valence-corrected chi connectivity index (χ2v) is 24.3. The molecule has 562 valence electrons. The van der Waals surface area contributed by atoms with Crippen LogP contribution in [0.5, 0.6) is 11.5 Å². The number of hydrogen-bond acceptors (Lipinski definition) is 15. The molecule has 0 spiro atoms. The van der Waals surface area contributed by atoms with Gasteiger partial charge in [-0.15, -0.1) is 0 Å². The van der Waals surface area contributed by atoms with Crippen molar-refractivity contribution in [1.82, 2.24) is 29.9 Å². The summed E-state index contributed by atoms with van der Waals surface area (Å²) in [4.78, 5) is 41.6. The number of pyridine rings is 6. The molecule has 1 saturated heterocycles. The van der Waals surface area contributed by atoms with Crippen LogP contribution >= 0.6 is 0 Å². The van der Waals surface area contributed by atoms with Gasteiger partial charge in [-0.1, -0.05) is 111 Å². The van der Waals surface area contributed by atoms with Gasteiger partial charge in [0.25, 0.3) is 0 Å². The number of nitrogens with two attached hydrogens (primary N) is 1. The summed E-state index contributed by atoms with van der Waals surface area (Å²) >= 11 is 0. The largest absolute Gasteiger partial charge is 0.508 e. The van der Waals surface area contributed by atoms with E-state index >= 15 is 0 Å². The fourth-order valence-corrected chi connectivity index (χ4v) is 12.3. The van der Waals surface area contributed by atoms with Crippen LogP contribution in [-0.2, 0) is 0 Å². The van der Waals surface area contributed by atoms with E-state index in [0.717, 1.165) is 169 Å². The first-order valence-corrected chi connectivity index (χ1v) is 35.4. The van der Waals surface area contributed by atoms with Crippen LogP contribution in [0, 0.1) is 20.8 Å². The number of anilines is 7. The van der Waals surface area contributed by atoms with Crippen LogP contribution in [0.4, 0.5) is 40.6 Å². The van der Waals surface area contributed by atoms with Gasteiger partial charge in [0.2, 0.25) is 0 Å². The molecular formula is C89H129N13O2. The van der Waals surface area contributed by atoms with E-state index in [2.05, 4.69) is 261 Å². The lowest BCUT2D eigenvalue weighted by Gasteiger charge is -2.27. The minimum atomic E-state index is 0. The fraction of sp³-hybridized carbons (Fsp3) is 0.393. The average molecular weight is 1410 g/mol. The van der Waals surface area contributed by atoms with E-state index in [1.807, 2.05) is 48.5 Å². The lowest BCUT2D eigenvalue weighted by atomic mass is 10.1. The number of ether oxygens (including phenoxy) is 1. The number of aromatic hydroxyl groups is 1. The first-order chi connectivity index (χ1) is 47.6. The van der Waals surface area contributed by atoms with Gasteiger partial charge in [-0.2, -0.15) is 0 Å². The van der Waals surface area contributed by atoms with Crippen LogP contribution in [0.1, 0.15) is 150 Å². The third-order valence-electron chi connectivity index (χ3n) is 18.0. The second-order valence-electron chi connectivity index (χ2n) is 24.3. The summed E-state index contributed by atoms with van der Waals surface area (Å²) in [6, 6.07) is 61.4. The number of piperidine rings is 1. The van der Waals surface area contributed by atoms with Gasteiger partial charge in [-0.25, -0.2) is 29.9 Å². The van der Waals surface area contributed by atoms with Gasteiger partial charge in [0, 0.05) is 123 Å². The standard InChI is InChI=1S/C14H19N3.2C14H18N2O.C14H16N2.C14H18N2.C13H16N2.6CH4/c1-4-17(5-2)14-8-10(3)12-7-6-11(15)9-13(12)16-14;1-4-16(5-2)14-8-10(3)12-7-6-11(17)9-13(12)15-14;1-4-16(5-2)13-10-9-11-7-6-8-12(17-3)14(11)15-13;1-4-10-16(11-5-1)14-9-8-12-6-2-3-7-13(12)15-14;1-4-16(5-2)14-9-8-12-7-6-11(3)10-13(12)15-14;1-3-15(4-2)13-10-9-11-7-5-6-8-12(11)14-13;;;;;;/h6-9H,4-5,15H2,1-3H3;6-9,17H,4-5H2,1-3H3;6-10H,4-5H2,1-3H3;2-3,6-9H,1,4-5,10-11H2;6-10H,4-5H2,1-3H3;5-10H,3-4H2,1-2H3;6*1H4. The number of para-hydroxylation sites is 3. The van der Waals surface area contributed by atoms with Crippen LogP contribution in [-0.4, -0.2) is 121 Å². The summed E-state index contributed by atoms with van der Waals surface area (Å²) < 4.78 is 5.35. The summed E-state index contributed by atoms with van der Waals surface area (Å²) in [7, 11) is 1.68. The normalized spacial score (nSPS) is 11.0. The van der Waals surface area contributed by atoms with Gasteiger partial charge in [-0.3, -0.25) is 0 Å². The highest BCUT2D eigenvalue weighted by Gasteiger charge is 2.14. The number of aryl methyl sites for hydroxylation is 3. The third-order valence-corrected chi connectivity index (χ3v) is 18.0. The molecule has 0 unspecified atom stereocenters. The maximum atomic E-state index is 9.51. The molecule has 12 aromatic rings. The molecule has 1 fully saturated rings. The van der Waals surface area contributed by atoms with Gasteiger partial charge in [-0.05, 0) is 235 Å². The molecule has 7 heterocycles. The molecule has 0 atom stereocenters. The summed E-state index contributed by atoms with van der Waals surface area (Å²) in [5.41, 5.74) is 16.3. The molecule has 13 rings (SSSR count). The number of nitrogens with zero attached hydrogens (tertiary/aromatic N) is 12. The Labute approximate surface area is 627 Å². The molecule has 104 heavy (non-hydrogen) atoms. The Bertz CT molecular complexity index is 4360. The number of hydrogen-bond donors (Lipinski definition) is 2. The minimum Gasteiger partial charge on any atom is -0.508 e. The highest BCUT2D eigenvalue weighted by Crippen LogP contribution is 2.30. The minimum absolute atomic E-state index is 0. The number of phenols is 1. The van der Waals surface area contributed by atoms with Crippen molar-refractivity contribution >= 4 is 106 Å². The van der Waals surface area contributed by atoms with Crippen molar-refractivity contribution in [2.24, 2.45) is 0 Å². The molecule has 1 aliphatic heterocycles. The zero-order chi connectivity index (χ0) is 70.1. The topological polar surface area (TPSA) is 152 Å². The van der Waals surface area contributed by atoms with E-state index in [9.17, 15) is 5.11 Å². The Morgan fingerprint density at radius 2 is 0.760 bits per heavy atom. The lowest BCUT2D eigenvalue weighted by molar-refractivity contribution is 0.419. The first kappa shape index (κ1) is 90.1. The Morgan fingerprint density at radius 1 is 0.365 bits per heavy atom. The predicted octanol–water partition coefficient (Wildman–Crippen LogP) is 22.7.